The number of hydrogen-bond acceptors (Lipinski definition) is 5. The topological polar surface area (TPSA) is 79.2 Å². The van der Waals surface area contributed by atoms with Crippen molar-refractivity contribution in [2.75, 3.05) is 13.2 Å². The molecular weight excluding hydrogens is 370 g/mol. The number of amides is 1. The third-order valence-corrected chi connectivity index (χ3v) is 4.85. The molecule has 3 rings (SSSR count). The molecule has 156 valence electrons. The molecule has 6 nitrogen and oxygen atoms in total. The smallest absolute Gasteiger partial charge is 0.410 e. The first-order chi connectivity index (χ1) is 13.7. The van der Waals surface area contributed by atoms with Gasteiger partial charge in [0.15, 0.2) is 11.5 Å². The van der Waals surface area contributed by atoms with E-state index in [9.17, 15) is 15.0 Å². The third kappa shape index (κ3) is 5.41. The first-order valence-corrected chi connectivity index (χ1v) is 9.93. The van der Waals surface area contributed by atoms with Gasteiger partial charge in [0, 0.05) is 6.54 Å². The average molecular weight is 399 g/mol. The molecule has 0 radical (unpaired) electrons. The lowest BCUT2D eigenvalue weighted by Crippen LogP contribution is -2.46. The summed E-state index contributed by atoms with van der Waals surface area (Å²) >= 11 is 0. The zero-order valence-corrected chi connectivity index (χ0v) is 17.2. The van der Waals surface area contributed by atoms with Crippen molar-refractivity contribution in [2.24, 2.45) is 0 Å². The Labute approximate surface area is 171 Å². The van der Waals surface area contributed by atoms with Crippen molar-refractivity contribution >= 4 is 6.09 Å². The monoisotopic (exact) mass is 399 g/mol. The molecule has 1 aliphatic heterocycles. The number of aliphatic hydroxyl groups excluding tert-OH is 1. The van der Waals surface area contributed by atoms with E-state index >= 15 is 0 Å². The van der Waals surface area contributed by atoms with E-state index in [0.29, 0.717) is 18.7 Å². The molecule has 0 unspecified atom stereocenters. The van der Waals surface area contributed by atoms with Crippen LogP contribution in [0.3, 0.4) is 0 Å². The minimum Gasteiger partial charge on any atom is -0.504 e. The molecule has 1 amide bonds. The molecular formula is C23H29NO5. The number of aliphatic hydroxyl groups is 1. The molecule has 1 fully saturated rings. The number of rotatable bonds is 5. The quantitative estimate of drug-likeness (QED) is 0.788. The number of hydrogen-bond donors (Lipinski definition) is 2. The number of phenolic OH excluding ortho intramolecular Hbond substituents is 1. The molecule has 1 aliphatic rings. The lowest BCUT2D eigenvalue weighted by molar-refractivity contribution is -0.00374. The molecule has 0 aromatic heterocycles. The summed E-state index contributed by atoms with van der Waals surface area (Å²) in [5, 5.41) is 20.9. The van der Waals surface area contributed by atoms with Gasteiger partial charge in [-0.15, -0.1) is 0 Å². The molecule has 29 heavy (non-hydrogen) atoms. The van der Waals surface area contributed by atoms with E-state index < -0.39 is 17.8 Å². The number of nitrogens with zero attached hydrogens (tertiary/aromatic N) is 1. The van der Waals surface area contributed by atoms with E-state index in [4.69, 9.17) is 9.47 Å². The van der Waals surface area contributed by atoms with Crippen LogP contribution >= 0.6 is 0 Å². The largest absolute Gasteiger partial charge is 0.504 e. The van der Waals surface area contributed by atoms with Crippen LogP contribution in [0.25, 0.3) is 11.1 Å². The van der Waals surface area contributed by atoms with Crippen molar-refractivity contribution in [3.05, 3.63) is 48.5 Å². The normalized spacial score (nSPS) is 17.8. The Balaban J connectivity index is 1.61. The Bertz CT molecular complexity index is 831. The van der Waals surface area contributed by atoms with Crippen LogP contribution in [0.5, 0.6) is 11.5 Å². The van der Waals surface area contributed by atoms with E-state index in [1.165, 1.54) is 0 Å². The Morgan fingerprint density at radius 3 is 2.55 bits per heavy atom. The van der Waals surface area contributed by atoms with Crippen LogP contribution < -0.4 is 4.74 Å². The molecule has 0 aliphatic carbocycles. The Morgan fingerprint density at radius 1 is 1.17 bits per heavy atom. The van der Waals surface area contributed by atoms with Crippen molar-refractivity contribution in [1.29, 1.82) is 0 Å². The van der Waals surface area contributed by atoms with E-state index in [-0.39, 0.29) is 18.4 Å². The highest BCUT2D eigenvalue weighted by molar-refractivity contribution is 5.69. The van der Waals surface area contributed by atoms with Crippen LogP contribution in [0.1, 0.15) is 33.6 Å². The van der Waals surface area contributed by atoms with Crippen LogP contribution in [-0.4, -0.2) is 52.1 Å². The van der Waals surface area contributed by atoms with Crippen LogP contribution in [0, 0.1) is 0 Å². The maximum atomic E-state index is 12.4. The average Bonchev–Trinajstić information content (AvgIpc) is 3.16. The van der Waals surface area contributed by atoms with Gasteiger partial charge in [-0.05, 0) is 56.9 Å². The summed E-state index contributed by atoms with van der Waals surface area (Å²) in [6.45, 7) is 5.97. The van der Waals surface area contributed by atoms with E-state index in [1.807, 2.05) is 57.2 Å². The van der Waals surface area contributed by atoms with Gasteiger partial charge in [-0.3, -0.25) is 0 Å². The predicted molar refractivity (Wildman–Crippen MR) is 111 cm³/mol. The molecule has 2 aromatic carbocycles. The fourth-order valence-corrected chi connectivity index (χ4v) is 3.48. The van der Waals surface area contributed by atoms with E-state index in [1.54, 1.807) is 17.0 Å². The maximum Gasteiger partial charge on any atom is 0.410 e. The van der Waals surface area contributed by atoms with Gasteiger partial charge < -0.3 is 24.6 Å². The number of aromatic hydroxyl groups is 1. The minimum absolute atomic E-state index is 0.00831. The van der Waals surface area contributed by atoms with Gasteiger partial charge in [0.2, 0.25) is 0 Å². The lowest BCUT2D eigenvalue weighted by atomic mass is 10.1. The van der Waals surface area contributed by atoms with Crippen molar-refractivity contribution in [2.45, 2.75) is 51.4 Å². The van der Waals surface area contributed by atoms with Gasteiger partial charge in [0.1, 0.15) is 18.3 Å². The molecule has 0 spiro atoms. The van der Waals surface area contributed by atoms with Crippen molar-refractivity contribution < 1.29 is 24.5 Å². The standard InChI is InChI=1S/C23H29NO5/c1-23(2,3)29-22(27)24-13-7-10-18(24)20(26)15-28-21-12-11-17(14-19(21)25)16-8-5-4-6-9-16/h4-6,8-9,11-12,14,18,20,25-26H,7,10,13,15H2,1-3H3/t18-,20+/m0/s1. The number of ether oxygens (including phenoxy) is 2. The number of carbonyl (C=O) groups is 1. The fraction of sp³-hybridized carbons (Fsp3) is 0.435. The number of phenols is 1. The van der Waals surface area contributed by atoms with Crippen LogP contribution in [0.4, 0.5) is 4.79 Å². The fourth-order valence-electron chi connectivity index (χ4n) is 3.48. The lowest BCUT2D eigenvalue weighted by Gasteiger charge is -2.31. The number of benzene rings is 2. The Kier molecular flexibility index (Phi) is 6.33. The number of carbonyl (C=O) groups excluding carboxylic acids is 1. The second kappa shape index (κ2) is 8.74. The summed E-state index contributed by atoms with van der Waals surface area (Å²) in [5.74, 6) is 0.305. The highest BCUT2D eigenvalue weighted by Crippen LogP contribution is 2.32. The van der Waals surface area contributed by atoms with Crippen molar-refractivity contribution in [1.82, 2.24) is 4.90 Å². The molecule has 6 heteroatoms. The second-order valence-electron chi connectivity index (χ2n) is 8.31. The summed E-state index contributed by atoms with van der Waals surface area (Å²) in [5.41, 5.74) is 1.29. The first-order valence-electron chi connectivity index (χ1n) is 9.93. The molecule has 2 atom stereocenters. The van der Waals surface area contributed by atoms with Gasteiger partial charge in [0.25, 0.3) is 0 Å². The molecule has 1 saturated heterocycles. The van der Waals surface area contributed by atoms with Crippen LogP contribution in [0.2, 0.25) is 0 Å². The van der Waals surface area contributed by atoms with Gasteiger partial charge in [-0.25, -0.2) is 4.79 Å². The van der Waals surface area contributed by atoms with E-state index in [2.05, 4.69) is 0 Å². The molecule has 2 aromatic rings. The minimum atomic E-state index is -0.877. The summed E-state index contributed by atoms with van der Waals surface area (Å²) < 4.78 is 11.1. The first kappa shape index (κ1) is 21.0. The molecule has 0 saturated carbocycles. The summed E-state index contributed by atoms with van der Waals surface area (Å²) in [6, 6.07) is 14.6. The predicted octanol–water partition coefficient (Wildman–Crippen LogP) is 4.20. The SMILES string of the molecule is CC(C)(C)OC(=O)N1CCC[C@H]1[C@H](O)COc1ccc(-c2ccccc2)cc1O. The molecule has 1 heterocycles. The highest BCUT2D eigenvalue weighted by Gasteiger charge is 2.36. The summed E-state index contributed by atoms with van der Waals surface area (Å²) in [6.07, 6.45) is 0.188. The molecule has 2 N–H and O–H groups in total. The van der Waals surface area contributed by atoms with Gasteiger partial charge in [0.05, 0.1) is 6.04 Å². The van der Waals surface area contributed by atoms with Gasteiger partial charge in [-0.1, -0.05) is 36.4 Å². The van der Waals surface area contributed by atoms with Gasteiger partial charge in [-0.2, -0.15) is 0 Å². The Hall–Kier alpha value is -2.73. The highest BCUT2D eigenvalue weighted by atomic mass is 16.6. The number of likely N-dealkylation sites (tertiary alicyclic amines) is 1. The van der Waals surface area contributed by atoms with Gasteiger partial charge >= 0.3 is 6.09 Å². The Morgan fingerprint density at radius 2 is 1.90 bits per heavy atom. The second-order valence-corrected chi connectivity index (χ2v) is 8.31. The molecule has 0 bridgehead atoms. The third-order valence-electron chi connectivity index (χ3n) is 4.85. The van der Waals surface area contributed by atoms with Crippen LogP contribution in [0.15, 0.2) is 48.5 Å². The van der Waals surface area contributed by atoms with Crippen molar-refractivity contribution in [3.8, 4) is 22.6 Å². The summed E-state index contributed by atoms with van der Waals surface area (Å²) in [4.78, 5) is 14.0. The van der Waals surface area contributed by atoms with Crippen LogP contribution in [-0.2, 0) is 4.74 Å². The zero-order chi connectivity index (χ0) is 21.0. The van der Waals surface area contributed by atoms with Crippen molar-refractivity contribution in [3.63, 3.8) is 0 Å². The van der Waals surface area contributed by atoms with E-state index in [0.717, 1.165) is 17.5 Å². The zero-order valence-electron chi connectivity index (χ0n) is 17.2. The maximum absolute atomic E-state index is 12.4. The summed E-state index contributed by atoms with van der Waals surface area (Å²) in [7, 11) is 0.